The minimum Gasteiger partial charge on any atom is -0.439 e. The van der Waals surface area contributed by atoms with Crippen molar-refractivity contribution in [1.29, 1.82) is 0 Å². The number of rotatable bonds is 6. The highest BCUT2D eigenvalue weighted by atomic mass is 35.5. The quantitative estimate of drug-likeness (QED) is 0.324. The minimum atomic E-state index is -0.132. The fourth-order valence-electron chi connectivity index (χ4n) is 5.85. The van der Waals surface area contributed by atoms with Crippen LogP contribution < -0.4 is 16.2 Å². The van der Waals surface area contributed by atoms with Crippen LogP contribution in [-0.2, 0) is 6.54 Å². The molecule has 9 nitrogen and oxygen atoms in total. The summed E-state index contributed by atoms with van der Waals surface area (Å²) in [5.74, 6) is 0.924. The SMILES string of the molecule is CN1CCN(C(=O)c2ccc(Oc3ccc4c(n3)n(Cc3ccc(Cl)c(Cl)c3)c(=O)n4C3CCC(N)CC3)cc2)CC1. The Hall–Kier alpha value is -3.37. The number of imidazole rings is 1. The fraction of sp³-hybridized carbons (Fsp3) is 0.387. The number of hydrogen-bond acceptors (Lipinski definition) is 6. The van der Waals surface area contributed by atoms with Gasteiger partial charge in [-0.1, -0.05) is 29.3 Å². The Kier molecular flexibility index (Phi) is 8.27. The normalized spacial score (nSPS) is 19.8. The van der Waals surface area contributed by atoms with Crippen molar-refractivity contribution in [2.45, 2.75) is 44.3 Å². The lowest BCUT2D eigenvalue weighted by molar-refractivity contribution is 0.0664. The maximum absolute atomic E-state index is 13.9. The van der Waals surface area contributed by atoms with Crippen molar-refractivity contribution in [1.82, 2.24) is 23.9 Å². The molecule has 0 bridgehead atoms. The van der Waals surface area contributed by atoms with E-state index in [0.29, 0.717) is 32.9 Å². The molecule has 2 aromatic heterocycles. The third-order valence-corrected chi connectivity index (χ3v) is 9.07. The van der Waals surface area contributed by atoms with Gasteiger partial charge in [0.2, 0.25) is 5.88 Å². The number of halogens is 2. The van der Waals surface area contributed by atoms with E-state index in [1.807, 2.05) is 21.6 Å². The summed E-state index contributed by atoms with van der Waals surface area (Å²) in [5.41, 5.74) is 8.76. The van der Waals surface area contributed by atoms with Gasteiger partial charge in [-0.05, 0) is 80.8 Å². The Labute approximate surface area is 254 Å². The van der Waals surface area contributed by atoms with Crippen LogP contribution in [0.5, 0.6) is 11.6 Å². The number of ether oxygens (including phenoxy) is 1. The number of carbonyl (C=O) groups excluding carboxylic acids is 1. The van der Waals surface area contributed by atoms with Crippen molar-refractivity contribution in [2.75, 3.05) is 33.2 Å². The van der Waals surface area contributed by atoms with Crippen LogP contribution in [0.3, 0.4) is 0 Å². The average Bonchev–Trinajstić information content (AvgIpc) is 3.26. The molecule has 2 N–H and O–H groups in total. The van der Waals surface area contributed by atoms with Crippen LogP contribution in [0.2, 0.25) is 10.0 Å². The average molecular weight is 610 g/mol. The van der Waals surface area contributed by atoms with Gasteiger partial charge >= 0.3 is 5.69 Å². The molecular formula is C31H34Cl2N6O3. The summed E-state index contributed by atoms with van der Waals surface area (Å²) in [6.45, 7) is 3.45. The smallest absolute Gasteiger partial charge is 0.330 e. The number of nitrogens with two attached hydrogens (primary N) is 1. The van der Waals surface area contributed by atoms with Gasteiger partial charge in [0.15, 0.2) is 5.65 Å². The molecule has 0 spiro atoms. The van der Waals surface area contributed by atoms with Gasteiger partial charge in [-0.2, -0.15) is 4.98 Å². The first-order valence-electron chi connectivity index (χ1n) is 14.3. The zero-order valence-corrected chi connectivity index (χ0v) is 25.0. The number of fused-ring (bicyclic) bond motifs is 1. The minimum absolute atomic E-state index is 0.0190. The van der Waals surface area contributed by atoms with E-state index in [0.717, 1.165) is 62.9 Å². The molecule has 2 aliphatic rings. The number of hydrogen-bond donors (Lipinski definition) is 1. The maximum Gasteiger partial charge on any atom is 0.330 e. The van der Waals surface area contributed by atoms with Crippen LogP contribution in [0.4, 0.5) is 0 Å². The molecule has 1 aliphatic heterocycles. The molecule has 2 fully saturated rings. The Balaban J connectivity index is 1.29. The second-order valence-electron chi connectivity index (χ2n) is 11.3. The number of pyridine rings is 1. The molecule has 2 aromatic carbocycles. The van der Waals surface area contributed by atoms with E-state index in [2.05, 4.69) is 11.9 Å². The summed E-state index contributed by atoms with van der Waals surface area (Å²) in [6, 6.07) is 16.3. The highest BCUT2D eigenvalue weighted by Crippen LogP contribution is 2.31. The van der Waals surface area contributed by atoms with Gasteiger partial charge in [0.25, 0.3) is 5.91 Å². The second kappa shape index (κ2) is 12.1. The third kappa shape index (κ3) is 5.92. The first-order valence-corrected chi connectivity index (χ1v) is 15.1. The molecule has 220 valence electrons. The van der Waals surface area contributed by atoms with Gasteiger partial charge < -0.3 is 20.3 Å². The molecule has 1 aliphatic carbocycles. The molecule has 1 amide bonds. The van der Waals surface area contributed by atoms with Crippen molar-refractivity contribution in [3.8, 4) is 11.6 Å². The van der Waals surface area contributed by atoms with Gasteiger partial charge in [-0.25, -0.2) is 4.79 Å². The first-order chi connectivity index (χ1) is 20.3. The Bertz CT molecular complexity index is 1650. The largest absolute Gasteiger partial charge is 0.439 e. The van der Waals surface area contributed by atoms with Crippen LogP contribution in [0.1, 0.15) is 47.6 Å². The van der Waals surface area contributed by atoms with Crippen LogP contribution >= 0.6 is 23.2 Å². The van der Waals surface area contributed by atoms with Gasteiger partial charge in [0.05, 0.1) is 22.1 Å². The van der Waals surface area contributed by atoms with Crippen molar-refractivity contribution in [2.24, 2.45) is 5.73 Å². The van der Waals surface area contributed by atoms with E-state index in [9.17, 15) is 9.59 Å². The fourth-order valence-corrected chi connectivity index (χ4v) is 6.17. The van der Waals surface area contributed by atoms with Gasteiger partial charge in [0, 0.05) is 49.9 Å². The van der Waals surface area contributed by atoms with Gasteiger partial charge in [0.1, 0.15) is 5.75 Å². The summed E-state index contributed by atoms with van der Waals surface area (Å²) >= 11 is 12.4. The number of aromatic nitrogens is 3. The zero-order valence-electron chi connectivity index (χ0n) is 23.5. The number of piperazine rings is 1. The molecule has 1 saturated carbocycles. The van der Waals surface area contributed by atoms with E-state index in [4.69, 9.17) is 38.7 Å². The highest BCUT2D eigenvalue weighted by molar-refractivity contribution is 6.42. The van der Waals surface area contributed by atoms with E-state index >= 15 is 0 Å². The molecular weight excluding hydrogens is 575 g/mol. The standard InChI is InChI=1S/C31H34Cl2N6O3/c1-36-14-16-37(17-15-36)30(40)21-3-9-24(10-4-21)42-28-13-12-27-29(35-28)38(19-20-2-11-25(32)26(33)18-20)31(41)39(27)23-7-5-22(34)6-8-23/h2-4,9-13,18,22-23H,5-8,14-17,19,34H2,1H3. The van der Waals surface area contributed by atoms with E-state index in [1.165, 1.54) is 0 Å². The third-order valence-electron chi connectivity index (χ3n) is 8.33. The lowest BCUT2D eigenvalue weighted by Gasteiger charge is -2.32. The monoisotopic (exact) mass is 608 g/mol. The van der Waals surface area contributed by atoms with Crippen molar-refractivity contribution in [3.05, 3.63) is 86.3 Å². The number of carbonyl (C=O) groups is 1. The highest BCUT2D eigenvalue weighted by Gasteiger charge is 2.26. The predicted octanol–water partition coefficient (Wildman–Crippen LogP) is 5.18. The number of nitrogens with zero attached hydrogens (tertiary/aromatic N) is 5. The summed E-state index contributed by atoms with van der Waals surface area (Å²) in [6.07, 6.45) is 3.42. The predicted molar refractivity (Wildman–Crippen MR) is 165 cm³/mol. The lowest BCUT2D eigenvalue weighted by Crippen LogP contribution is -2.47. The molecule has 11 heteroatoms. The lowest BCUT2D eigenvalue weighted by atomic mass is 9.91. The molecule has 42 heavy (non-hydrogen) atoms. The van der Waals surface area contributed by atoms with E-state index < -0.39 is 0 Å². The summed E-state index contributed by atoms with van der Waals surface area (Å²) < 4.78 is 9.62. The maximum atomic E-state index is 13.9. The first kappa shape index (κ1) is 28.7. The molecule has 0 unspecified atom stereocenters. The number of amides is 1. The van der Waals surface area contributed by atoms with Crippen LogP contribution in [0.25, 0.3) is 11.2 Å². The Morgan fingerprint density at radius 3 is 2.36 bits per heavy atom. The molecule has 0 radical (unpaired) electrons. The van der Waals surface area contributed by atoms with E-state index in [1.54, 1.807) is 47.0 Å². The topological polar surface area (TPSA) is 98.6 Å². The van der Waals surface area contributed by atoms with Crippen LogP contribution in [-0.4, -0.2) is 69.1 Å². The summed E-state index contributed by atoms with van der Waals surface area (Å²) in [4.78, 5) is 35.7. The van der Waals surface area contributed by atoms with Gasteiger partial charge in [-0.15, -0.1) is 0 Å². The zero-order chi connectivity index (χ0) is 29.4. The van der Waals surface area contributed by atoms with Crippen molar-refractivity contribution in [3.63, 3.8) is 0 Å². The van der Waals surface area contributed by atoms with Crippen molar-refractivity contribution >= 4 is 40.3 Å². The van der Waals surface area contributed by atoms with Crippen LogP contribution in [0.15, 0.2) is 59.4 Å². The second-order valence-corrected chi connectivity index (χ2v) is 12.1. The van der Waals surface area contributed by atoms with E-state index in [-0.39, 0.29) is 30.2 Å². The Morgan fingerprint density at radius 2 is 1.67 bits per heavy atom. The summed E-state index contributed by atoms with van der Waals surface area (Å²) in [7, 11) is 2.06. The molecule has 3 heterocycles. The number of benzene rings is 2. The Morgan fingerprint density at radius 1 is 0.952 bits per heavy atom. The molecule has 1 saturated heterocycles. The molecule has 0 atom stereocenters. The van der Waals surface area contributed by atoms with Crippen LogP contribution in [0, 0.1) is 0 Å². The molecule has 6 rings (SSSR count). The number of likely N-dealkylation sites (N-methyl/N-ethyl adjacent to an activating group) is 1. The summed E-state index contributed by atoms with van der Waals surface area (Å²) in [5, 5.41) is 0.887. The van der Waals surface area contributed by atoms with Gasteiger partial charge in [-0.3, -0.25) is 13.9 Å². The molecule has 4 aromatic rings. The van der Waals surface area contributed by atoms with Crippen molar-refractivity contribution < 1.29 is 9.53 Å².